The summed E-state index contributed by atoms with van der Waals surface area (Å²) < 4.78 is 7.70. The second-order valence-corrected chi connectivity index (χ2v) is 7.84. The molecule has 1 aromatic carbocycles. The van der Waals surface area contributed by atoms with E-state index in [1.165, 1.54) is 6.33 Å². The van der Waals surface area contributed by atoms with Crippen LogP contribution in [0.25, 0.3) is 17.0 Å². The zero-order valence-electron chi connectivity index (χ0n) is 15.3. The van der Waals surface area contributed by atoms with Crippen LogP contribution in [0, 0.1) is 0 Å². The molecule has 4 aromatic rings. The van der Waals surface area contributed by atoms with Crippen molar-refractivity contribution in [2.45, 2.75) is 32.8 Å². The van der Waals surface area contributed by atoms with Crippen LogP contribution < -0.4 is 10.0 Å². The quantitative estimate of drug-likeness (QED) is 0.545. The van der Waals surface area contributed by atoms with Gasteiger partial charge in [-0.25, -0.2) is 4.98 Å². The smallest absolute Gasteiger partial charge is 0.236 e. The maximum Gasteiger partial charge on any atom is 0.236 e. The van der Waals surface area contributed by atoms with Gasteiger partial charge in [0.25, 0.3) is 0 Å². The second-order valence-electron chi connectivity index (χ2n) is 7.21. The molecule has 1 unspecified atom stereocenters. The Kier molecular flexibility index (Phi) is 4.36. The van der Waals surface area contributed by atoms with Crippen molar-refractivity contribution < 1.29 is 4.74 Å². The van der Waals surface area contributed by atoms with Crippen molar-refractivity contribution in [2.75, 3.05) is 0 Å². The summed E-state index contributed by atoms with van der Waals surface area (Å²) >= 11 is 0. The van der Waals surface area contributed by atoms with Gasteiger partial charge in [0.15, 0.2) is 17.3 Å². The molecule has 0 radical (unpaired) electrons. The molecule has 0 amide bonds. The minimum Gasteiger partial charge on any atom is -0.468 e. The molecular formula is C18H20N7OP. The van der Waals surface area contributed by atoms with Gasteiger partial charge in [-0.2, -0.15) is 9.61 Å². The highest BCUT2D eigenvalue weighted by Crippen LogP contribution is 2.31. The van der Waals surface area contributed by atoms with Gasteiger partial charge >= 0.3 is 0 Å². The predicted molar refractivity (Wildman–Crippen MR) is 105 cm³/mol. The van der Waals surface area contributed by atoms with E-state index < -0.39 is 0 Å². The fourth-order valence-corrected chi connectivity index (χ4v) is 3.10. The van der Waals surface area contributed by atoms with Crippen molar-refractivity contribution in [3.63, 3.8) is 0 Å². The van der Waals surface area contributed by atoms with E-state index in [4.69, 9.17) is 9.84 Å². The Labute approximate surface area is 158 Å². The van der Waals surface area contributed by atoms with Gasteiger partial charge in [-0.3, -0.25) is 5.10 Å². The zero-order valence-corrected chi connectivity index (χ0v) is 16.5. The van der Waals surface area contributed by atoms with Gasteiger partial charge in [0, 0.05) is 11.1 Å². The monoisotopic (exact) mass is 381 g/mol. The van der Waals surface area contributed by atoms with Gasteiger partial charge < -0.3 is 4.74 Å². The largest absolute Gasteiger partial charge is 0.468 e. The van der Waals surface area contributed by atoms with Gasteiger partial charge in [0.05, 0.1) is 0 Å². The molecule has 0 bridgehead atoms. The van der Waals surface area contributed by atoms with Gasteiger partial charge in [-0.05, 0) is 16.8 Å². The maximum atomic E-state index is 5.98. The highest BCUT2D eigenvalue weighted by Gasteiger charge is 2.24. The molecule has 0 aliphatic rings. The first-order valence-electron chi connectivity index (χ1n) is 8.52. The van der Waals surface area contributed by atoms with E-state index in [0.29, 0.717) is 23.2 Å². The Balaban J connectivity index is 1.83. The van der Waals surface area contributed by atoms with Crippen molar-refractivity contribution in [3.05, 3.63) is 48.0 Å². The summed E-state index contributed by atoms with van der Waals surface area (Å²) in [5, 5.41) is 21.1. The minimum atomic E-state index is -0.171. The average Bonchev–Trinajstić information content (AvgIpc) is 3.28. The normalized spacial score (nSPS) is 11.9. The average molecular weight is 381 g/mol. The molecule has 1 N–H and O–H groups in total. The van der Waals surface area contributed by atoms with Gasteiger partial charge in [-0.1, -0.05) is 45.0 Å². The molecule has 27 heavy (non-hydrogen) atoms. The Morgan fingerprint density at radius 1 is 1.19 bits per heavy atom. The molecule has 0 saturated carbocycles. The van der Waals surface area contributed by atoms with Gasteiger partial charge in [-0.15, -0.1) is 24.5 Å². The standard InChI is InChI=1S/C18H20N7OP/c1-18(2,3)12-8-15-22-23-16(11-6-4-5-7-13(11)27)25(15)24-17(12)26-9-14-19-10-20-21-14/h4-8,10H,9,27H2,1-3H3,(H,19,20,21). The highest BCUT2D eigenvalue weighted by molar-refractivity contribution is 7.27. The number of hydrogen-bond acceptors (Lipinski definition) is 6. The number of aromatic amines is 1. The Hall–Kier alpha value is -2.86. The summed E-state index contributed by atoms with van der Waals surface area (Å²) in [6.07, 6.45) is 1.45. The number of H-pyrrole nitrogens is 1. The topological polar surface area (TPSA) is 93.9 Å². The van der Waals surface area contributed by atoms with Gasteiger partial charge in [0.2, 0.25) is 5.88 Å². The van der Waals surface area contributed by atoms with Crippen LogP contribution in [0.15, 0.2) is 36.7 Å². The Bertz CT molecular complexity index is 1080. The molecule has 0 aliphatic carbocycles. The molecule has 4 rings (SSSR count). The van der Waals surface area contributed by atoms with Crippen LogP contribution in [-0.2, 0) is 12.0 Å². The number of benzene rings is 1. The molecule has 1 atom stereocenters. The summed E-state index contributed by atoms with van der Waals surface area (Å²) in [7, 11) is 2.72. The number of aromatic nitrogens is 7. The molecule has 0 saturated heterocycles. The highest BCUT2D eigenvalue weighted by atomic mass is 31.0. The molecule has 138 valence electrons. The molecule has 9 heteroatoms. The summed E-state index contributed by atoms with van der Waals surface area (Å²) in [5.41, 5.74) is 2.41. The number of nitrogens with one attached hydrogen (secondary N) is 1. The Morgan fingerprint density at radius 3 is 2.70 bits per heavy atom. The summed E-state index contributed by atoms with van der Waals surface area (Å²) in [4.78, 5) is 4.10. The third-order valence-electron chi connectivity index (χ3n) is 4.18. The molecule has 3 heterocycles. The second kappa shape index (κ2) is 6.70. The third-order valence-corrected chi connectivity index (χ3v) is 4.68. The maximum absolute atomic E-state index is 5.98. The fourth-order valence-electron chi connectivity index (χ4n) is 2.77. The number of rotatable bonds is 4. The van der Waals surface area contributed by atoms with Crippen LogP contribution in [0.1, 0.15) is 32.2 Å². The van der Waals surface area contributed by atoms with E-state index in [1.807, 2.05) is 30.3 Å². The number of nitrogens with zero attached hydrogens (tertiary/aromatic N) is 6. The summed E-state index contributed by atoms with van der Waals surface area (Å²) in [6.45, 7) is 6.57. The van der Waals surface area contributed by atoms with Crippen molar-refractivity contribution in [1.82, 2.24) is 35.0 Å². The van der Waals surface area contributed by atoms with Crippen molar-refractivity contribution >= 4 is 20.2 Å². The Morgan fingerprint density at radius 2 is 2.00 bits per heavy atom. The fraction of sp³-hybridized carbons (Fsp3) is 0.278. The lowest BCUT2D eigenvalue weighted by Crippen LogP contribution is -2.16. The number of ether oxygens (including phenoxy) is 1. The van der Waals surface area contributed by atoms with Crippen LogP contribution in [0.3, 0.4) is 0 Å². The van der Waals surface area contributed by atoms with E-state index >= 15 is 0 Å². The van der Waals surface area contributed by atoms with E-state index in [1.54, 1.807) is 4.52 Å². The molecule has 0 aliphatic heterocycles. The van der Waals surface area contributed by atoms with Crippen molar-refractivity contribution in [1.29, 1.82) is 0 Å². The van der Waals surface area contributed by atoms with E-state index in [2.05, 4.69) is 55.4 Å². The first-order chi connectivity index (χ1) is 12.9. The molecule has 0 fully saturated rings. The van der Waals surface area contributed by atoms with Crippen LogP contribution in [0.5, 0.6) is 5.88 Å². The zero-order chi connectivity index (χ0) is 19.0. The summed E-state index contributed by atoms with van der Waals surface area (Å²) in [6, 6.07) is 9.92. The van der Waals surface area contributed by atoms with Gasteiger partial charge in [0.1, 0.15) is 12.9 Å². The first-order valence-corrected chi connectivity index (χ1v) is 9.10. The van der Waals surface area contributed by atoms with E-state index in [0.717, 1.165) is 16.4 Å². The van der Waals surface area contributed by atoms with Crippen molar-refractivity contribution in [3.8, 4) is 17.3 Å². The lowest BCUT2D eigenvalue weighted by molar-refractivity contribution is 0.271. The van der Waals surface area contributed by atoms with Crippen LogP contribution in [0.2, 0.25) is 0 Å². The minimum absolute atomic E-state index is 0.171. The van der Waals surface area contributed by atoms with E-state index in [9.17, 15) is 0 Å². The number of hydrogen-bond donors (Lipinski definition) is 1. The predicted octanol–water partition coefficient (Wildman–Crippen LogP) is 2.29. The summed E-state index contributed by atoms with van der Waals surface area (Å²) in [5.74, 6) is 1.82. The molecule has 0 spiro atoms. The SMILES string of the molecule is CC(C)(C)c1cc2nnc(-c3ccccc3P)n2nc1OCc1ncn[nH]1. The third kappa shape index (κ3) is 3.40. The molecule has 8 nitrogen and oxygen atoms in total. The molecular weight excluding hydrogens is 361 g/mol. The first kappa shape index (κ1) is 17.5. The number of fused-ring (bicyclic) bond motifs is 1. The van der Waals surface area contributed by atoms with E-state index in [-0.39, 0.29) is 12.0 Å². The van der Waals surface area contributed by atoms with Crippen LogP contribution >= 0.6 is 9.24 Å². The van der Waals surface area contributed by atoms with Crippen LogP contribution in [0.4, 0.5) is 0 Å². The van der Waals surface area contributed by atoms with Crippen molar-refractivity contribution in [2.24, 2.45) is 0 Å². The lowest BCUT2D eigenvalue weighted by atomic mass is 9.88. The lowest BCUT2D eigenvalue weighted by Gasteiger charge is -2.21. The van der Waals surface area contributed by atoms with Crippen LogP contribution in [-0.4, -0.2) is 35.0 Å². The molecule has 3 aromatic heterocycles.